The predicted molar refractivity (Wildman–Crippen MR) is 211 cm³/mol. The minimum atomic E-state index is -5.72. The standard InChI is InChI=1S/C24H5BF15.C19H18O3S2/c26-10-7(11(27)17(33)22(38)16(10)32)25(6-4-2-1-3-5-6,8-12(28)18(34)23(39)19(35)13(8)29)9-14(30)20(36)24(40)21(37)15(9)31;20-18-10-8-15(9-11-18)12-23-14-24(21,22)13-17-6-3-5-16-4-1-2-7-19(16)17/h1-5H;1-11,20H,12-14H2/q-1;/p+1. The van der Waals surface area contributed by atoms with Gasteiger partial charge in [-0.05, 0) is 40.2 Å². The van der Waals surface area contributed by atoms with Crippen LogP contribution in [0.1, 0.15) is 11.1 Å². The lowest BCUT2D eigenvalue weighted by Crippen LogP contribution is -2.79. The largest absolute Gasteiger partial charge is 0.508 e. The molecule has 7 aromatic rings. The first kappa shape index (κ1) is 47.4. The second-order valence-corrected chi connectivity index (χ2v) is 17.5. The van der Waals surface area contributed by atoms with Gasteiger partial charge in [0, 0.05) is 5.56 Å². The molecule has 334 valence electrons. The van der Waals surface area contributed by atoms with Gasteiger partial charge in [0.15, 0.2) is 62.2 Å². The molecule has 0 aromatic heterocycles. The molecular weight excluding hydrogens is 924 g/mol. The van der Waals surface area contributed by atoms with Crippen LogP contribution < -0.4 is 21.9 Å². The van der Waals surface area contributed by atoms with E-state index in [2.05, 4.69) is 0 Å². The summed E-state index contributed by atoms with van der Waals surface area (Å²) in [5.41, 5.74) is -7.53. The van der Waals surface area contributed by atoms with E-state index in [4.69, 9.17) is 0 Å². The summed E-state index contributed by atoms with van der Waals surface area (Å²) in [4.78, 5) is 0. The Morgan fingerprint density at radius 3 is 1.25 bits per heavy atom. The van der Waals surface area contributed by atoms with E-state index in [-0.39, 0.29) is 16.6 Å². The number of phenolic OH excluding ortho intramolecular Hbond substituents is 1. The number of fused-ring (bicyclic) bond motifs is 1. The Labute approximate surface area is 356 Å². The van der Waals surface area contributed by atoms with Crippen LogP contribution in [0, 0.1) is 87.3 Å². The van der Waals surface area contributed by atoms with Gasteiger partial charge in [-0.3, -0.25) is 0 Å². The Bertz CT molecular complexity index is 2790. The normalized spacial score (nSPS) is 11.8. The highest BCUT2D eigenvalue weighted by atomic mass is 32.3. The third-order valence-electron chi connectivity index (χ3n) is 10.1. The maximum Gasteiger partial charge on any atom is 0.206 e. The molecule has 7 rings (SSSR count). The SMILES string of the molecule is Fc1c(F)c(F)c([B-](c2ccccc2)(c2c(F)c(F)c(F)c(F)c2F)c2c(F)c(F)c(F)c(F)c2F)c(F)c1F.O=S(=O)(C[SH+]Cc1ccc(O)cc1)Cc1cccc2ccccc12. The first-order valence-electron chi connectivity index (χ1n) is 18.0. The Morgan fingerprint density at radius 1 is 0.438 bits per heavy atom. The van der Waals surface area contributed by atoms with Crippen LogP contribution >= 0.6 is 0 Å². The predicted octanol–water partition coefficient (Wildman–Crippen LogP) is 8.58. The van der Waals surface area contributed by atoms with Gasteiger partial charge in [0.1, 0.15) is 52.6 Å². The number of hydrogen-bond acceptors (Lipinski definition) is 3. The van der Waals surface area contributed by atoms with Gasteiger partial charge in [0.2, 0.25) is 5.08 Å². The van der Waals surface area contributed by atoms with Gasteiger partial charge in [-0.25, -0.2) is 74.3 Å². The maximum absolute atomic E-state index is 15.3. The number of halogens is 15. The van der Waals surface area contributed by atoms with E-state index in [0.29, 0.717) is 17.9 Å². The van der Waals surface area contributed by atoms with Crippen LogP contribution in [-0.2, 0) is 33.1 Å². The Balaban J connectivity index is 0.000000241. The third kappa shape index (κ3) is 8.49. The lowest BCUT2D eigenvalue weighted by molar-refractivity contribution is 0.380. The molecule has 0 bridgehead atoms. The van der Waals surface area contributed by atoms with Crippen LogP contribution in [0.15, 0.2) is 97.1 Å². The second-order valence-electron chi connectivity index (χ2n) is 13.9. The highest BCUT2D eigenvalue weighted by Gasteiger charge is 2.49. The number of phenols is 1. The van der Waals surface area contributed by atoms with Gasteiger partial charge in [0.05, 0.1) is 5.75 Å². The van der Waals surface area contributed by atoms with Crippen LogP contribution in [-0.4, -0.2) is 24.8 Å². The Hall–Kier alpha value is -6.09. The summed E-state index contributed by atoms with van der Waals surface area (Å²) in [7, 11) is -3.17. The molecule has 0 unspecified atom stereocenters. The highest BCUT2D eigenvalue weighted by molar-refractivity contribution is 8.02. The van der Waals surface area contributed by atoms with Crippen molar-refractivity contribution >= 4 is 60.4 Å². The summed E-state index contributed by atoms with van der Waals surface area (Å²) in [6.45, 7) is 0. The van der Waals surface area contributed by atoms with Crippen LogP contribution in [0.2, 0.25) is 0 Å². The maximum atomic E-state index is 15.3. The van der Waals surface area contributed by atoms with Crippen molar-refractivity contribution in [1.29, 1.82) is 0 Å². The monoisotopic (exact) mass is 948 g/mol. The van der Waals surface area contributed by atoms with Gasteiger partial charge < -0.3 is 5.11 Å². The molecule has 0 saturated heterocycles. The van der Waals surface area contributed by atoms with Crippen molar-refractivity contribution in [3.63, 3.8) is 0 Å². The van der Waals surface area contributed by atoms with Gasteiger partial charge >= 0.3 is 0 Å². The molecule has 0 aliphatic rings. The van der Waals surface area contributed by atoms with Crippen molar-refractivity contribution < 1.29 is 79.4 Å². The van der Waals surface area contributed by atoms with E-state index in [1.807, 2.05) is 54.6 Å². The molecule has 64 heavy (non-hydrogen) atoms. The van der Waals surface area contributed by atoms with E-state index >= 15 is 26.3 Å². The molecule has 0 amide bonds. The number of benzene rings is 7. The fourth-order valence-electron chi connectivity index (χ4n) is 7.30. The Morgan fingerprint density at radius 2 is 0.812 bits per heavy atom. The molecule has 3 nitrogen and oxygen atoms in total. The first-order chi connectivity index (χ1) is 30.2. The summed E-state index contributed by atoms with van der Waals surface area (Å²) >= 11 is 0.846. The summed E-state index contributed by atoms with van der Waals surface area (Å²) in [5, 5.41) is 11.5. The molecule has 1 N–H and O–H groups in total. The van der Waals surface area contributed by atoms with E-state index in [0.717, 1.165) is 51.9 Å². The number of hydrogen-bond donors (Lipinski definition) is 1. The van der Waals surface area contributed by atoms with Gasteiger partial charge in [-0.1, -0.05) is 84.9 Å². The molecule has 0 aliphatic carbocycles. The van der Waals surface area contributed by atoms with E-state index in [1.54, 1.807) is 12.1 Å². The summed E-state index contributed by atoms with van der Waals surface area (Å²) < 4.78 is 245. The zero-order chi connectivity index (χ0) is 47.0. The fraction of sp³-hybridized carbons (Fsp3) is 0.0698. The lowest BCUT2D eigenvalue weighted by atomic mass is 9.12. The number of sulfone groups is 1. The van der Waals surface area contributed by atoms with E-state index in [9.17, 15) is 53.0 Å². The number of rotatable bonds is 10. The summed E-state index contributed by atoms with van der Waals surface area (Å²) in [6.07, 6.45) is -5.72. The lowest BCUT2D eigenvalue weighted by Gasteiger charge is -2.44. The molecule has 0 aliphatic heterocycles. The van der Waals surface area contributed by atoms with E-state index < -0.39 is 125 Å². The van der Waals surface area contributed by atoms with Gasteiger partial charge in [-0.15, -0.1) is 16.4 Å². The minimum absolute atomic E-state index is 0.0664. The highest BCUT2D eigenvalue weighted by Crippen LogP contribution is 2.29. The van der Waals surface area contributed by atoms with Crippen molar-refractivity contribution in [3.8, 4) is 5.75 Å². The second kappa shape index (κ2) is 18.6. The van der Waals surface area contributed by atoms with Crippen molar-refractivity contribution in [2.24, 2.45) is 0 Å². The fourth-order valence-corrected chi connectivity index (χ4v) is 10.3. The topological polar surface area (TPSA) is 54.4 Å². The number of aromatic hydroxyl groups is 1. The molecule has 21 heteroatoms. The minimum Gasteiger partial charge on any atom is -0.508 e. The Kier molecular flexibility index (Phi) is 13.7. The van der Waals surface area contributed by atoms with Crippen LogP contribution in [0.4, 0.5) is 65.9 Å². The zero-order valence-electron chi connectivity index (χ0n) is 31.7. The molecule has 0 radical (unpaired) electrons. The molecule has 0 fully saturated rings. The zero-order valence-corrected chi connectivity index (χ0v) is 33.4. The van der Waals surface area contributed by atoms with Crippen LogP contribution in [0.25, 0.3) is 10.8 Å². The molecule has 0 spiro atoms. The van der Waals surface area contributed by atoms with Crippen molar-refractivity contribution in [2.75, 3.05) is 5.08 Å². The smallest absolute Gasteiger partial charge is 0.206 e. The third-order valence-corrected chi connectivity index (χ3v) is 13.7. The van der Waals surface area contributed by atoms with Crippen molar-refractivity contribution in [2.45, 2.75) is 11.5 Å². The van der Waals surface area contributed by atoms with Crippen LogP contribution in [0.3, 0.4) is 0 Å². The van der Waals surface area contributed by atoms with Crippen LogP contribution in [0.5, 0.6) is 5.75 Å². The summed E-state index contributed by atoms with van der Waals surface area (Å²) in [5.74, 6) is -44.5. The number of thiol groups is 1. The molecule has 0 heterocycles. The molecule has 0 saturated carbocycles. The average molecular weight is 949 g/mol. The average Bonchev–Trinajstić information content (AvgIpc) is 3.28. The van der Waals surface area contributed by atoms with Crippen molar-refractivity contribution in [3.05, 3.63) is 195 Å². The quantitative estimate of drug-likeness (QED) is 0.0374. The summed E-state index contributed by atoms with van der Waals surface area (Å²) in [6, 6.07) is 23.8. The molecular formula is C43H24BF15O3S2. The first-order valence-corrected chi connectivity index (χ1v) is 21.1. The van der Waals surface area contributed by atoms with Gasteiger partial charge in [0.25, 0.3) is 0 Å². The van der Waals surface area contributed by atoms with E-state index in [1.165, 1.54) is 0 Å². The molecule has 0 atom stereocenters. The molecule has 7 aromatic carbocycles. The van der Waals surface area contributed by atoms with Gasteiger partial charge in [-0.2, -0.15) is 5.46 Å². The van der Waals surface area contributed by atoms with Crippen molar-refractivity contribution in [1.82, 2.24) is 0 Å².